The molecule has 0 unspecified atom stereocenters. The summed E-state index contributed by atoms with van der Waals surface area (Å²) < 4.78 is 11.1. The Hall–Kier alpha value is -2.36. The van der Waals surface area contributed by atoms with E-state index in [2.05, 4.69) is 23.0 Å². The highest BCUT2D eigenvalue weighted by Gasteiger charge is 2.10. The van der Waals surface area contributed by atoms with Crippen molar-refractivity contribution in [3.05, 3.63) is 53.0 Å². The Morgan fingerprint density at radius 3 is 2.67 bits per heavy atom. The zero-order valence-corrected chi connectivity index (χ0v) is 12.5. The van der Waals surface area contributed by atoms with Gasteiger partial charge in [0.1, 0.15) is 5.52 Å². The van der Waals surface area contributed by atoms with Gasteiger partial charge in [0, 0.05) is 17.7 Å². The van der Waals surface area contributed by atoms with Crippen LogP contribution in [0.1, 0.15) is 22.7 Å². The van der Waals surface area contributed by atoms with Gasteiger partial charge in [-0.1, -0.05) is 12.1 Å². The van der Waals surface area contributed by atoms with Gasteiger partial charge in [-0.05, 0) is 44.0 Å². The van der Waals surface area contributed by atoms with Crippen LogP contribution < -0.4 is 4.74 Å². The molecule has 0 aliphatic heterocycles. The molecule has 0 amide bonds. The number of methoxy groups -OCH3 is 1. The van der Waals surface area contributed by atoms with E-state index >= 15 is 0 Å². The molecule has 0 N–H and O–H groups in total. The van der Waals surface area contributed by atoms with E-state index in [4.69, 9.17) is 9.15 Å². The molecule has 0 aliphatic rings. The molecule has 0 fully saturated rings. The molecule has 0 saturated heterocycles. The molecular formula is C17H18N2O2. The zero-order chi connectivity index (χ0) is 14.8. The van der Waals surface area contributed by atoms with E-state index in [1.165, 1.54) is 5.56 Å². The lowest BCUT2D eigenvalue weighted by Gasteiger charge is -2.09. The van der Waals surface area contributed by atoms with Crippen LogP contribution in [0.4, 0.5) is 0 Å². The zero-order valence-electron chi connectivity index (χ0n) is 12.5. The third-order valence-electron chi connectivity index (χ3n) is 3.65. The summed E-state index contributed by atoms with van der Waals surface area (Å²) in [7, 11) is 1.65. The number of aromatic nitrogens is 2. The molecular weight excluding hydrogens is 264 g/mol. The van der Waals surface area contributed by atoms with Crippen molar-refractivity contribution in [1.29, 1.82) is 0 Å². The number of ether oxygens (including phenoxy) is 1. The largest absolute Gasteiger partial charge is 0.481 e. The van der Waals surface area contributed by atoms with E-state index < -0.39 is 0 Å². The molecule has 3 rings (SSSR count). The first-order chi connectivity index (χ1) is 10.2. The molecule has 0 saturated carbocycles. The molecule has 0 atom stereocenters. The van der Waals surface area contributed by atoms with Crippen LogP contribution in [0, 0.1) is 13.8 Å². The maximum atomic E-state index is 5.74. The van der Waals surface area contributed by atoms with Crippen molar-refractivity contribution in [3.63, 3.8) is 0 Å². The fourth-order valence-electron chi connectivity index (χ4n) is 2.36. The maximum absolute atomic E-state index is 5.74. The lowest BCUT2D eigenvalue weighted by molar-refractivity contribution is 0.390. The average molecular weight is 282 g/mol. The first-order valence-corrected chi connectivity index (χ1v) is 7.03. The van der Waals surface area contributed by atoms with Gasteiger partial charge in [0.2, 0.25) is 5.88 Å². The standard InChI is InChI=1S/C17H18N2O2/c1-11-10-13(17(20-3)18-12(11)2)8-9-16-19-14-6-4-5-7-15(14)21-16/h4-7,10H,8-9H2,1-3H3. The Balaban J connectivity index is 1.82. The van der Waals surface area contributed by atoms with Crippen molar-refractivity contribution in [2.24, 2.45) is 0 Å². The molecule has 0 radical (unpaired) electrons. The number of hydrogen-bond acceptors (Lipinski definition) is 4. The van der Waals surface area contributed by atoms with Crippen molar-refractivity contribution >= 4 is 11.1 Å². The second-order valence-electron chi connectivity index (χ2n) is 5.13. The van der Waals surface area contributed by atoms with Crippen LogP contribution in [0.2, 0.25) is 0 Å². The summed E-state index contributed by atoms with van der Waals surface area (Å²) in [4.78, 5) is 8.97. The number of oxazole rings is 1. The quantitative estimate of drug-likeness (QED) is 0.733. The summed E-state index contributed by atoms with van der Waals surface area (Å²) in [6.45, 7) is 4.05. The fourth-order valence-corrected chi connectivity index (χ4v) is 2.36. The second kappa shape index (κ2) is 5.56. The van der Waals surface area contributed by atoms with Crippen LogP contribution in [-0.2, 0) is 12.8 Å². The summed E-state index contributed by atoms with van der Waals surface area (Å²) >= 11 is 0. The molecule has 2 heterocycles. The second-order valence-corrected chi connectivity index (χ2v) is 5.13. The van der Waals surface area contributed by atoms with Crippen molar-refractivity contribution in [3.8, 4) is 5.88 Å². The van der Waals surface area contributed by atoms with Gasteiger partial charge in [-0.3, -0.25) is 0 Å². The van der Waals surface area contributed by atoms with Crippen LogP contribution in [0.25, 0.3) is 11.1 Å². The van der Waals surface area contributed by atoms with Gasteiger partial charge in [0.25, 0.3) is 0 Å². The van der Waals surface area contributed by atoms with E-state index in [1.54, 1.807) is 7.11 Å². The third kappa shape index (κ3) is 2.75. The van der Waals surface area contributed by atoms with E-state index in [1.807, 2.05) is 31.2 Å². The van der Waals surface area contributed by atoms with Crippen LogP contribution >= 0.6 is 0 Å². The minimum absolute atomic E-state index is 0.689. The molecule has 2 aromatic heterocycles. The normalized spacial score (nSPS) is 11.0. The number of benzene rings is 1. The highest BCUT2D eigenvalue weighted by atomic mass is 16.5. The number of fused-ring (bicyclic) bond motifs is 1. The topological polar surface area (TPSA) is 48.2 Å². The van der Waals surface area contributed by atoms with Gasteiger partial charge >= 0.3 is 0 Å². The van der Waals surface area contributed by atoms with Gasteiger partial charge in [-0.15, -0.1) is 0 Å². The third-order valence-corrected chi connectivity index (χ3v) is 3.65. The number of pyridine rings is 1. The minimum atomic E-state index is 0.689. The molecule has 1 aromatic carbocycles. The highest BCUT2D eigenvalue weighted by Crippen LogP contribution is 2.22. The van der Waals surface area contributed by atoms with Crippen LogP contribution in [0.3, 0.4) is 0 Å². The molecule has 108 valence electrons. The number of aryl methyl sites for hydroxylation is 4. The Morgan fingerprint density at radius 1 is 1.10 bits per heavy atom. The van der Waals surface area contributed by atoms with Crippen molar-refractivity contribution in [2.45, 2.75) is 26.7 Å². The maximum Gasteiger partial charge on any atom is 0.216 e. The number of rotatable bonds is 4. The summed E-state index contributed by atoms with van der Waals surface area (Å²) in [5, 5.41) is 0. The SMILES string of the molecule is COc1nc(C)c(C)cc1CCc1nc2ccccc2o1. The minimum Gasteiger partial charge on any atom is -0.481 e. The molecule has 0 bridgehead atoms. The van der Waals surface area contributed by atoms with E-state index in [9.17, 15) is 0 Å². The average Bonchev–Trinajstić information content (AvgIpc) is 2.90. The lowest BCUT2D eigenvalue weighted by atomic mass is 10.1. The molecule has 3 aromatic rings. The summed E-state index contributed by atoms with van der Waals surface area (Å²) in [5.41, 5.74) is 4.99. The first-order valence-electron chi connectivity index (χ1n) is 7.03. The Labute approximate surface area is 123 Å². The van der Waals surface area contributed by atoms with Crippen molar-refractivity contribution in [1.82, 2.24) is 9.97 Å². The van der Waals surface area contributed by atoms with Gasteiger partial charge in [0.15, 0.2) is 11.5 Å². The Kier molecular flexibility index (Phi) is 3.60. The monoisotopic (exact) mass is 282 g/mol. The lowest BCUT2D eigenvalue weighted by Crippen LogP contribution is -2.01. The Morgan fingerprint density at radius 2 is 1.90 bits per heavy atom. The summed E-state index contributed by atoms with van der Waals surface area (Å²) in [5.74, 6) is 1.44. The van der Waals surface area contributed by atoms with Gasteiger partial charge in [0.05, 0.1) is 7.11 Å². The van der Waals surface area contributed by atoms with Gasteiger partial charge in [-0.2, -0.15) is 0 Å². The van der Waals surface area contributed by atoms with Crippen molar-refractivity contribution in [2.75, 3.05) is 7.11 Å². The molecule has 21 heavy (non-hydrogen) atoms. The smallest absolute Gasteiger partial charge is 0.216 e. The van der Waals surface area contributed by atoms with Crippen LogP contribution in [0.15, 0.2) is 34.7 Å². The van der Waals surface area contributed by atoms with Crippen molar-refractivity contribution < 1.29 is 9.15 Å². The molecule has 4 nitrogen and oxygen atoms in total. The number of nitrogens with zero attached hydrogens (tertiary/aromatic N) is 2. The first kappa shape index (κ1) is 13.6. The van der Waals surface area contributed by atoms with Crippen LogP contribution in [0.5, 0.6) is 5.88 Å². The van der Waals surface area contributed by atoms with E-state index in [-0.39, 0.29) is 0 Å². The fraction of sp³-hybridized carbons (Fsp3) is 0.294. The van der Waals surface area contributed by atoms with E-state index in [0.717, 1.165) is 41.1 Å². The molecule has 0 spiro atoms. The predicted octanol–water partition coefficient (Wildman–Crippen LogP) is 3.63. The van der Waals surface area contributed by atoms with E-state index in [0.29, 0.717) is 5.88 Å². The number of para-hydroxylation sites is 2. The summed E-state index contributed by atoms with van der Waals surface area (Å²) in [6.07, 6.45) is 1.53. The molecule has 4 heteroatoms. The molecule has 0 aliphatic carbocycles. The van der Waals surface area contributed by atoms with Crippen LogP contribution in [-0.4, -0.2) is 17.1 Å². The number of hydrogen-bond donors (Lipinski definition) is 0. The van der Waals surface area contributed by atoms with Gasteiger partial charge in [-0.25, -0.2) is 9.97 Å². The van der Waals surface area contributed by atoms with Gasteiger partial charge < -0.3 is 9.15 Å². The Bertz CT molecular complexity index is 745. The predicted molar refractivity (Wildman–Crippen MR) is 81.7 cm³/mol. The summed E-state index contributed by atoms with van der Waals surface area (Å²) in [6, 6.07) is 9.94. The highest BCUT2D eigenvalue weighted by molar-refractivity contribution is 5.72.